The van der Waals surface area contributed by atoms with Gasteiger partial charge in [-0.25, -0.2) is 0 Å². The molecule has 1 amide bonds. The monoisotopic (exact) mass is 437 g/mol. The maximum atomic E-state index is 12.1. The van der Waals surface area contributed by atoms with Crippen LogP contribution in [0, 0.1) is 0 Å². The number of unbranched alkanes of at least 4 members (excludes halogenated alkanes) is 13. The first-order valence-corrected chi connectivity index (χ1v) is 13.1. The second-order valence-electron chi connectivity index (χ2n) is 8.75. The topological polar surface area (TPSA) is 69.6 Å². The van der Waals surface area contributed by atoms with Crippen molar-refractivity contribution >= 4 is 5.91 Å². The van der Waals surface area contributed by atoms with Crippen LogP contribution in [0.5, 0.6) is 0 Å². The lowest BCUT2D eigenvalue weighted by molar-refractivity contribution is -0.123. The van der Waals surface area contributed by atoms with Gasteiger partial charge >= 0.3 is 0 Å². The van der Waals surface area contributed by atoms with Crippen LogP contribution >= 0.6 is 0 Å². The van der Waals surface area contributed by atoms with Gasteiger partial charge in [-0.3, -0.25) is 4.79 Å². The molecule has 0 bridgehead atoms. The summed E-state index contributed by atoms with van der Waals surface area (Å²) in [6.07, 6.45) is 26.7. The molecular formula is C27H51NO3. The van der Waals surface area contributed by atoms with E-state index in [0.717, 1.165) is 32.1 Å². The second kappa shape index (κ2) is 23.5. The van der Waals surface area contributed by atoms with Gasteiger partial charge < -0.3 is 15.5 Å². The molecule has 4 nitrogen and oxygen atoms in total. The van der Waals surface area contributed by atoms with Crippen LogP contribution < -0.4 is 5.32 Å². The molecule has 2 unspecified atom stereocenters. The molecule has 0 aromatic rings. The molecule has 3 N–H and O–H groups in total. The third-order valence-corrected chi connectivity index (χ3v) is 5.69. The zero-order valence-corrected chi connectivity index (χ0v) is 20.5. The standard InChI is InChI=1S/C27H51NO3/c1-3-5-7-9-11-13-14-15-16-18-20-22-26(30)25(24-29)28-27(31)23-21-19-17-12-10-8-6-4-2/h14-15,20,22,25-26,29-30H,3-13,16-19,21,23-24H2,1-2H3,(H,28,31)/b15-14+,22-20+. The maximum absolute atomic E-state index is 12.1. The van der Waals surface area contributed by atoms with E-state index in [4.69, 9.17) is 0 Å². The molecule has 182 valence electrons. The second-order valence-corrected chi connectivity index (χ2v) is 8.75. The van der Waals surface area contributed by atoms with Gasteiger partial charge in [0.25, 0.3) is 0 Å². The fraction of sp³-hybridized carbons (Fsp3) is 0.815. The van der Waals surface area contributed by atoms with Gasteiger partial charge in [0.2, 0.25) is 5.91 Å². The van der Waals surface area contributed by atoms with Crippen LogP contribution in [0.2, 0.25) is 0 Å². The van der Waals surface area contributed by atoms with Crippen molar-refractivity contribution in [1.29, 1.82) is 0 Å². The number of aliphatic hydroxyl groups excluding tert-OH is 2. The fourth-order valence-electron chi connectivity index (χ4n) is 3.60. The molecule has 0 aliphatic heterocycles. The van der Waals surface area contributed by atoms with E-state index in [9.17, 15) is 15.0 Å². The first-order chi connectivity index (χ1) is 15.2. The quantitative estimate of drug-likeness (QED) is 0.132. The average Bonchev–Trinajstić information content (AvgIpc) is 2.77. The summed E-state index contributed by atoms with van der Waals surface area (Å²) in [5.74, 6) is -0.0839. The first kappa shape index (κ1) is 29.9. The molecule has 0 aliphatic carbocycles. The zero-order valence-electron chi connectivity index (χ0n) is 20.5. The van der Waals surface area contributed by atoms with Gasteiger partial charge in [0, 0.05) is 6.42 Å². The van der Waals surface area contributed by atoms with Crippen molar-refractivity contribution in [2.75, 3.05) is 6.61 Å². The van der Waals surface area contributed by atoms with E-state index in [2.05, 4.69) is 31.3 Å². The van der Waals surface area contributed by atoms with Crippen LogP contribution in [0.3, 0.4) is 0 Å². The van der Waals surface area contributed by atoms with Gasteiger partial charge in [-0.2, -0.15) is 0 Å². The summed E-state index contributed by atoms with van der Waals surface area (Å²) in [7, 11) is 0. The van der Waals surface area contributed by atoms with E-state index < -0.39 is 12.1 Å². The Morgan fingerprint density at radius 1 is 0.742 bits per heavy atom. The van der Waals surface area contributed by atoms with Crippen molar-refractivity contribution in [1.82, 2.24) is 5.32 Å². The maximum Gasteiger partial charge on any atom is 0.220 e. The van der Waals surface area contributed by atoms with E-state index in [0.29, 0.717) is 6.42 Å². The molecule has 0 spiro atoms. The van der Waals surface area contributed by atoms with Crippen molar-refractivity contribution in [3.8, 4) is 0 Å². The van der Waals surface area contributed by atoms with Crippen molar-refractivity contribution in [3.05, 3.63) is 24.3 Å². The van der Waals surface area contributed by atoms with Crippen LogP contribution in [0.25, 0.3) is 0 Å². The minimum atomic E-state index is -0.852. The van der Waals surface area contributed by atoms with Crippen molar-refractivity contribution in [2.45, 2.75) is 135 Å². The fourth-order valence-corrected chi connectivity index (χ4v) is 3.60. The molecule has 0 fully saturated rings. The lowest BCUT2D eigenvalue weighted by Gasteiger charge is -2.19. The highest BCUT2D eigenvalue weighted by Gasteiger charge is 2.17. The number of rotatable bonds is 22. The Morgan fingerprint density at radius 3 is 1.87 bits per heavy atom. The molecule has 0 saturated heterocycles. The molecular weight excluding hydrogens is 386 g/mol. The summed E-state index contributed by atoms with van der Waals surface area (Å²) in [5, 5.41) is 22.5. The molecule has 31 heavy (non-hydrogen) atoms. The number of aliphatic hydroxyl groups is 2. The first-order valence-electron chi connectivity index (χ1n) is 13.1. The number of hydrogen-bond donors (Lipinski definition) is 3. The largest absolute Gasteiger partial charge is 0.394 e. The van der Waals surface area contributed by atoms with Crippen LogP contribution in [0.1, 0.15) is 123 Å². The van der Waals surface area contributed by atoms with Crippen molar-refractivity contribution < 1.29 is 15.0 Å². The lowest BCUT2D eigenvalue weighted by atomic mass is 10.1. The van der Waals surface area contributed by atoms with E-state index in [1.54, 1.807) is 6.08 Å². The summed E-state index contributed by atoms with van der Waals surface area (Å²) < 4.78 is 0. The van der Waals surface area contributed by atoms with Gasteiger partial charge in [-0.15, -0.1) is 0 Å². The van der Waals surface area contributed by atoms with Crippen LogP contribution in [0.4, 0.5) is 0 Å². The average molecular weight is 438 g/mol. The number of carbonyl (C=O) groups is 1. The van der Waals surface area contributed by atoms with Crippen LogP contribution in [0.15, 0.2) is 24.3 Å². The summed E-state index contributed by atoms with van der Waals surface area (Å²) in [5.41, 5.74) is 0. The lowest BCUT2D eigenvalue weighted by Crippen LogP contribution is -2.45. The Kier molecular flexibility index (Phi) is 22.7. The SMILES string of the molecule is CCCCCCC/C=C/CC/C=C/C(O)C(CO)NC(=O)CCCCCCCCCC. The molecule has 0 aliphatic rings. The number of allylic oxidation sites excluding steroid dienone is 3. The summed E-state index contributed by atoms with van der Waals surface area (Å²) in [6.45, 7) is 4.20. The molecule has 0 aromatic carbocycles. The molecule has 4 heteroatoms. The highest BCUT2D eigenvalue weighted by Crippen LogP contribution is 2.10. The van der Waals surface area contributed by atoms with Gasteiger partial charge in [0.1, 0.15) is 0 Å². The Labute approximate surface area is 192 Å². The minimum Gasteiger partial charge on any atom is -0.394 e. The minimum absolute atomic E-state index is 0.0839. The van der Waals surface area contributed by atoms with Gasteiger partial charge in [-0.1, -0.05) is 109 Å². The number of nitrogens with one attached hydrogen (secondary N) is 1. The predicted octanol–water partition coefficient (Wildman–Crippen LogP) is 6.61. The van der Waals surface area contributed by atoms with Crippen molar-refractivity contribution in [3.63, 3.8) is 0 Å². The third kappa shape index (κ3) is 20.5. The summed E-state index contributed by atoms with van der Waals surface area (Å²) >= 11 is 0. The molecule has 0 rings (SSSR count). The van der Waals surface area contributed by atoms with Crippen molar-refractivity contribution in [2.24, 2.45) is 0 Å². The summed E-state index contributed by atoms with van der Waals surface area (Å²) in [4.78, 5) is 12.1. The Balaban J connectivity index is 3.82. The van der Waals surface area contributed by atoms with E-state index in [1.165, 1.54) is 70.6 Å². The number of hydrogen-bond acceptors (Lipinski definition) is 3. The Morgan fingerprint density at radius 2 is 1.26 bits per heavy atom. The molecule has 0 heterocycles. The molecule has 2 atom stereocenters. The molecule has 0 saturated carbocycles. The molecule has 0 aromatic heterocycles. The highest BCUT2D eigenvalue weighted by molar-refractivity contribution is 5.76. The third-order valence-electron chi connectivity index (χ3n) is 5.69. The predicted molar refractivity (Wildman–Crippen MR) is 133 cm³/mol. The van der Waals surface area contributed by atoms with Gasteiger partial charge in [-0.05, 0) is 32.1 Å². The van der Waals surface area contributed by atoms with Crippen LogP contribution in [-0.2, 0) is 4.79 Å². The van der Waals surface area contributed by atoms with Crippen LogP contribution in [-0.4, -0.2) is 34.9 Å². The summed E-state index contributed by atoms with van der Waals surface area (Å²) in [6, 6.07) is -0.628. The number of carbonyl (C=O) groups excluding carboxylic acids is 1. The van der Waals surface area contributed by atoms with E-state index in [-0.39, 0.29) is 12.5 Å². The number of amides is 1. The molecule has 0 radical (unpaired) electrons. The Hall–Kier alpha value is -1.13. The zero-order chi connectivity index (χ0) is 23.0. The normalized spacial score (nSPS) is 13.8. The van der Waals surface area contributed by atoms with E-state index in [1.807, 2.05) is 6.08 Å². The van der Waals surface area contributed by atoms with Gasteiger partial charge in [0.15, 0.2) is 0 Å². The smallest absolute Gasteiger partial charge is 0.220 e. The van der Waals surface area contributed by atoms with E-state index >= 15 is 0 Å². The van der Waals surface area contributed by atoms with Gasteiger partial charge in [0.05, 0.1) is 18.8 Å². The Bertz CT molecular complexity index is 448. The highest BCUT2D eigenvalue weighted by atomic mass is 16.3.